The van der Waals surface area contributed by atoms with Crippen molar-refractivity contribution in [3.63, 3.8) is 0 Å². The highest BCUT2D eigenvalue weighted by Crippen LogP contribution is 2.29. The number of aliphatic imine (C=N–C) groups is 1. The van der Waals surface area contributed by atoms with Gasteiger partial charge < -0.3 is 9.47 Å². The summed E-state index contributed by atoms with van der Waals surface area (Å²) in [7, 11) is 1.65. The van der Waals surface area contributed by atoms with Gasteiger partial charge in [-0.1, -0.05) is 47.5 Å². The highest BCUT2D eigenvalue weighted by molar-refractivity contribution is 5.83. The van der Waals surface area contributed by atoms with Gasteiger partial charge in [0.05, 0.1) is 12.8 Å². The van der Waals surface area contributed by atoms with Gasteiger partial charge in [-0.05, 0) is 61.7 Å². The van der Waals surface area contributed by atoms with Crippen LogP contribution in [0.5, 0.6) is 11.5 Å². The molecule has 3 nitrogen and oxygen atoms in total. The van der Waals surface area contributed by atoms with E-state index in [9.17, 15) is 0 Å². The van der Waals surface area contributed by atoms with Gasteiger partial charge in [0.15, 0.2) is 11.5 Å². The normalized spacial score (nSPS) is 11.0. The first kappa shape index (κ1) is 18.7. The summed E-state index contributed by atoms with van der Waals surface area (Å²) in [5.74, 6) is 1.42. The minimum absolute atomic E-state index is 0.507. The summed E-state index contributed by atoms with van der Waals surface area (Å²) in [6, 6.07) is 20.4. The molecule has 0 heterocycles. The highest BCUT2D eigenvalue weighted by atomic mass is 16.5. The Balaban J connectivity index is 1.73. The Morgan fingerprint density at radius 1 is 0.815 bits per heavy atom. The predicted octanol–water partition coefficient (Wildman–Crippen LogP) is 5.95. The van der Waals surface area contributed by atoms with Crippen molar-refractivity contribution in [2.45, 2.75) is 27.4 Å². The Kier molecular flexibility index (Phi) is 5.92. The Morgan fingerprint density at radius 3 is 2.26 bits per heavy atom. The van der Waals surface area contributed by atoms with Gasteiger partial charge in [0, 0.05) is 6.21 Å². The minimum Gasteiger partial charge on any atom is -0.493 e. The smallest absolute Gasteiger partial charge is 0.161 e. The van der Waals surface area contributed by atoms with E-state index in [0.29, 0.717) is 12.4 Å². The standard InChI is InChI=1S/C24H25NO2/c1-17-5-8-20(9-6-17)16-27-23-12-10-21(14-24(23)26-4)15-25-22-11-7-18(2)13-19(22)3/h5-15H,16H2,1-4H3. The van der Waals surface area contributed by atoms with E-state index in [1.54, 1.807) is 7.11 Å². The third-order valence-corrected chi connectivity index (χ3v) is 4.41. The number of benzene rings is 3. The topological polar surface area (TPSA) is 30.8 Å². The second kappa shape index (κ2) is 8.54. The molecule has 138 valence electrons. The molecule has 0 aromatic heterocycles. The molecular formula is C24H25NO2. The van der Waals surface area contributed by atoms with Crippen LogP contribution < -0.4 is 9.47 Å². The third-order valence-electron chi connectivity index (χ3n) is 4.41. The van der Waals surface area contributed by atoms with Crippen LogP contribution in [0.2, 0.25) is 0 Å². The molecule has 0 saturated heterocycles. The van der Waals surface area contributed by atoms with Crippen molar-refractivity contribution in [2.24, 2.45) is 4.99 Å². The number of nitrogens with zero attached hydrogens (tertiary/aromatic N) is 1. The van der Waals surface area contributed by atoms with Gasteiger partial charge in [0.1, 0.15) is 6.61 Å². The molecule has 0 spiro atoms. The molecule has 3 aromatic carbocycles. The summed E-state index contributed by atoms with van der Waals surface area (Å²) < 4.78 is 11.4. The average Bonchev–Trinajstić information content (AvgIpc) is 2.67. The van der Waals surface area contributed by atoms with E-state index in [1.165, 1.54) is 11.1 Å². The van der Waals surface area contributed by atoms with Crippen LogP contribution >= 0.6 is 0 Å². The maximum absolute atomic E-state index is 5.93. The fourth-order valence-electron chi connectivity index (χ4n) is 2.82. The van der Waals surface area contributed by atoms with E-state index in [-0.39, 0.29) is 0 Å². The van der Waals surface area contributed by atoms with Gasteiger partial charge in [-0.3, -0.25) is 4.99 Å². The molecule has 3 heteroatoms. The summed E-state index contributed by atoms with van der Waals surface area (Å²) in [6.45, 7) is 6.74. The summed E-state index contributed by atoms with van der Waals surface area (Å²) in [5, 5.41) is 0. The first-order valence-electron chi connectivity index (χ1n) is 9.03. The molecule has 3 rings (SSSR count). The Labute approximate surface area is 161 Å². The van der Waals surface area contributed by atoms with Crippen LogP contribution in [0, 0.1) is 20.8 Å². The fourth-order valence-corrected chi connectivity index (χ4v) is 2.82. The van der Waals surface area contributed by atoms with Crippen LogP contribution in [0.1, 0.15) is 27.8 Å². The first-order valence-corrected chi connectivity index (χ1v) is 9.03. The second-order valence-electron chi connectivity index (χ2n) is 6.73. The van der Waals surface area contributed by atoms with Crippen LogP contribution in [0.3, 0.4) is 0 Å². The zero-order valence-electron chi connectivity index (χ0n) is 16.3. The van der Waals surface area contributed by atoms with E-state index in [1.807, 2.05) is 30.5 Å². The summed E-state index contributed by atoms with van der Waals surface area (Å²) >= 11 is 0. The molecule has 0 unspecified atom stereocenters. The van der Waals surface area contributed by atoms with Crippen LogP contribution in [0.4, 0.5) is 5.69 Å². The molecule has 0 fully saturated rings. The summed E-state index contributed by atoms with van der Waals surface area (Å²) in [5.41, 5.74) is 6.71. The zero-order chi connectivity index (χ0) is 19.2. The molecule has 0 saturated carbocycles. The predicted molar refractivity (Wildman–Crippen MR) is 112 cm³/mol. The van der Waals surface area contributed by atoms with E-state index >= 15 is 0 Å². The number of rotatable bonds is 6. The average molecular weight is 359 g/mol. The first-order chi connectivity index (χ1) is 13.0. The minimum atomic E-state index is 0.507. The number of hydrogen-bond acceptors (Lipinski definition) is 3. The molecule has 0 N–H and O–H groups in total. The van der Waals surface area contributed by atoms with E-state index in [4.69, 9.17) is 9.47 Å². The van der Waals surface area contributed by atoms with Crippen molar-refractivity contribution in [3.8, 4) is 11.5 Å². The largest absolute Gasteiger partial charge is 0.493 e. The van der Waals surface area contributed by atoms with Crippen molar-refractivity contribution in [1.29, 1.82) is 0 Å². The number of hydrogen-bond donors (Lipinski definition) is 0. The molecule has 0 bridgehead atoms. The monoisotopic (exact) mass is 359 g/mol. The molecule has 0 atom stereocenters. The number of ether oxygens (including phenoxy) is 2. The molecule has 3 aromatic rings. The Morgan fingerprint density at radius 2 is 1.56 bits per heavy atom. The quantitative estimate of drug-likeness (QED) is 0.509. The van der Waals surface area contributed by atoms with Gasteiger partial charge >= 0.3 is 0 Å². The lowest BCUT2D eigenvalue weighted by Gasteiger charge is -2.11. The van der Waals surface area contributed by atoms with Crippen molar-refractivity contribution < 1.29 is 9.47 Å². The molecule has 0 aliphatic carbocycles. The van der Waals surface area contributed by atoms with Crippen molar-refractivity contribution in [1.82, 2.24) is 0 Å². The van der Waals surface area contributed by atoms with Crippen molar-refractivity contribution >= 4 is 11.9 Å². The summed E-state index contributed by atoms with van der Waals surface area (Å²) in [6.07, 6.45) is 1.85. The second-order valence-corrected chi connectivity index (χ2v) is 6.73. The third kappa shape index (κ3) is 4.98. The molecular weight excluding hydrogens is 334 g/mol. The van der Waals surface area contributed by atoms with Crippen LogP contribution in [-0.4, -0.2) is 13.3 Å². The lowest BCUT2D eigenvalue weighted by Crippen LogP contribution is -1.98. The van der Waals surface area contributed by atoms with E-state index in [0.717, 1.165) is 28.1 Å². The molecule has 0 amide bonds. The van der Waals surface area contributed by atoms with Gasteiger partial charge in [-0.2, -0.15) is 0 Å². The van der Waals surface area contributed by atoms with E-state index < -0.39 is 0 Å². The Bertz CT molecular complexity index is 943. The lowest BCUT2D eigenvalue weighted by atomic mass is 10.1. The highest BCUT2D eigenvalue weighted by Gasteiger charge is 2.06. The van der Waals surface area contributed by atoms with Crippen molar-refractivity contribution in [2.75, 3.05) is 7.11 Å². The van der Waals surface area contributed by atoms with Crippen LogP contribution in [0.25, 0.3) is 0 Å². The lowest BCUT2D eigenvalue weighted by molar-refractivity contribution is 0.284. The molecule has 0 aliphatic heterocycles. The molecule has 27 heavy (non-hydrogen) atoms. The fraction of sp³-hybridized carbons (Fsp3) is 0.208. The van der Waals surface area contributed by atoms with Crippen LogP contribution in [-0.2, 0) is 6.61 Å². The zero-order valence-corrected chi connectivity index (χ0v) is 16.3. The van der Waals surface area contributed by atoms with Gasteiger partial charge in [-0.25, -0.2) is 0 Å². The van der Waals surface area contributed by atoms with Gasteiger partial charge in [-0.15, -0.1) is 0 Å². The maximum Gasteiger partial charge on any atom is 0.161 e. The number of methoxy groups -OCH3 is 1. The Hall–Kier alpha value is -3.07. The van der Waals surface area contributed by atoms with Gasteiger partial charge in [0.25, 0.3) is 0 Å². The molecule has 0 radical (unpaired) electrons. The van der Waals surface area contributed by atoms with Crippen molar-refractivity contribution in [3.05, 3.63) is 88.5 Å². The van der Waals surface area contributed by atoms with E-state index in [2.05, 4.69) is 62.2 Å². The van der Waals surface area contributed by atoms with Gasteiger partial charge in [0.2, 0.25) is 0 Å². The number of aryl methyl sites for hydroxylation is 3. The van der Waals surface area contributed by atoms with Crippen LogP contribution in [0.15, 0.2) is 65.7 Å². The maximum atomic E-state index is 5.93. The molecule has 0 aliphatic rings. The summed E-state index contributed by atoms with van der Waals surface area (Å²) in [4.78, 5) is 4.60. The SMILES string of the molecule is COc1cc(C=Nc2ccc(C)cc2C)ccc1OCc1ccc(C)cc1.